The van der Waals surface area contributed by atoms with E-state index in [1.54, 1.807) is 30.8 Å². The van der Waals surface area contributed by atoms with Gasteiger partial charge in [0.15, 0.2) is 0 Å². The van der Waals surface area contributed by atoms with Crippen molar-refractivity contribution in [3.63, 3.8) is 0 Å². The molecule has 0 atom stereocenters. The summed E-state index contributed by atoms with van der Waals surface area (Å²) >= 11 is 2.87. The van der Waals surface area contributed by atoms with Crippen molar-refractivity contribution in [2.75, 3.05) is 18.2 Å². The number of carbonyl (C=O) groups excluding carboxylic acids is 3. The second-order valence-electron chi connectivity index (χ2n) is 5.32. The summed E-state index contributed by atoms with van der Waals surface area (Å²) in [5, 5.41) is 5.35. The van der Waals surface area contributed by atoms with Crippen LogP contribution >= 0.6 is 23.1 Å². The number of carbonyl (C=O) groups is 3. The number of methoxy groups -OCH3 is 1. The third kappa shape index (κ3) is 4.44. The van der Waals surface area contributed by atoms with E-state index in [9.17, 15) is 14.4 Å². The van der Waals surface area contributed by atoms with Gasteiger partial charge in [-0.2, -0.15) is 0 Å². The number of thiophene rings is 1. The van der Waals surface area contributed by atoms with Crippen LogP contribution in [0.3, 0.4) is 0 Å². The number of thioether (sulfide) groups is 1. The Morgan fingerprint density at radius 2 is 1.85 bits per heavy atom. The van der Waals surface area contributed by atoms with Crippen molar-refractivity contribution in [1.29, 1.82) is 0 Å². The maximum absolute atomic E-state index is 12.7. The van der Waals surface area contributed by atoms with Gasteiger partial charge in [-0.3, -0.25) is 14.9 Å². The van der Waals surface area contributed by atoms with Crippen molar-refractivity contribution < 1.29 is 19.1 Å². The maximum Gasteiger partial charge on any atom is 0.413 e. The molecule has 2 aromatic rings. The number of imide groups is 1. The molecular formula is C18H20N2O4S2. The number of nitrogens with one attached hydrogen (secondary N) is 2. The van der Waals surface area contributed by atoms with Gasteiger partial charge >= 0.3 is 6.09 Å². The molecule has 0 unspecified atom stereocenters. The molecule has 1 aromatic carbocycles. The summed E-state index contributed by atoms with van der Waals surface area (Å²) in [6.07, 6.45) is -0.847. The van der Waals surface area contributed by atoms with E-state index >= 15 is 0 Å². The van der Waals surface area contributed by atoms with E-state index in [0.717, 1.165) is 15.5 Å². The maximum atomic E-state index is 12.7. The van der Waals surface area contributed by atoms with Crippen LogP contribution in [0.25, 0.3) is 0 Å². The molecule has 3 amide bonds. The van der Waals surface area contributed by atoms with E-state index in [-0.39, 0.29) is 11.5 Å². The quantitative estimate of drug-likeness (QED) is 0.744. The van der Waals surface area contributed by atoms with Gasteiger partial charge < -0.3 is 10.1 Å². The first-order valence-electron chi connectivity index (χ1n) is 7.91. The van der Waals surface area contributed by atoms with Crippen LogP contribution in [0.4, 0.5) is 9.80 Å². The van der Waals surface area contributed by atoms with Crippen molar-refractivity contribution in [1.82, 2.24) is 5.32 Å². The van der Waals surface area contributed by atoms with Crippen LogP contribution in [-0.2, 0) is 4.74 Å². The fraction of sp³-hybridized carbons (Fsp3) is 0.278. The van der Waals surface area contributed by atoms with Gasteiger partial charge in [-0.15, -0.1) is 23.1 Å². The largest absolute Gasteiger partial charge is 0.453 e. The van der Waals surface area contributed by atoms with E-state index < -0.39 is 12.0 Å². The summed E-state index contributed by atoms with van der Waals surface area (Å²) in [5.74, 6) is -0.0611. The van der Waals surface area contributed by atoms with Crippen LogP contribution in [0.15, 0.2) is 29.2 Å². The van der Waals surface area contributed by atoms with E-state index in [4.69, 9.17) is 0 Å². The summed E-state index contributed by atoms with van der Waals surface area (Å²) < 4.78 is 4.46. The average Bonchev–Trinajstić information content (AvgIpc) is 2.89. The van der Waals surface area contributed by atoms with Crippen molar-refractivity contribution in [2.45, 2.75) is 25.7 Å². The lowest BCUT2D eigenvalue weighted by Crippen LogP contribution is -2.31. The number of aryl methyl sites for hydroxylation is 1. The molecule has 8 heteroatoms. The fourth-order valence-electron chi connectivity index (χ4n) is 2.30. The van der Waals surface area contributed by atoms with E-state index in [2.05, 4.69) is 15.4 Å². The molecule has 2 rings (SSSR count). The van der Waals surface area contributed by atoms with E-state index in [1.807, 2.05) is 26.0 Å². The van der Waals surface area contributed by atoms with Gasteiger partial charge in [0.25, 0.3) is 11.8 Å². The van der Waals surface area contributed by atoms with Crippen molar-refractivity contribution in [3.05, 3.63) is 45.8 Å². The summed E-state index contributed by atoms with van der Waals surface area (Å²) in [6.45, 7) is 5.64. The first-order valence-corrected chi connectivity index (χ1v) is 9.71. The molecule has 138 valence electrons. The average molecular weight is 393 g/mol. The number of hydrogen-bond acceptors (Lipinski definition) is 6. The normalized spacial score (nSPS) is 10.3. The highest BCUT2D eigenvalue weighted by molar-refractivity contribution is 7.99. The molecule has 1 heterocycles. The van der Waals surface area contributed by atoms with Gasteiger partial charge in [0.1, 0.15) is 5.00 Å². The monoisotopic (exact) mass is 392 g/mol. The third-order valence-electron chi connectivity index (χ3n) is 3.67. The topological polar surface area (TPSA) is 84.5 Å². The van der Waals surface area contributed by atoms with Crippen molar-refractivity contribution >= 4 is 46.0 Å². The predicted octanol–water partition coefficient (Wildman–Crippen LogP) is 4.23. The second-order valence-corrected chi connectivity index (χ2v) is 7.85. The van der Waals surface area contributed by atoms with E-state index in [1.165, 1.54) is 18.4 Å². The molecule has 0 aliphatic rings. The number of ether oxygens (including phenoxy) is 1. The van der Waals surface area contributed by atoms with Crippen molar-refractivity contribution in [3.8, 4) is 0 Å². The number of rotatable bonds is 5. The first-order chi connectivity index (χ1) is 12.4. The molecule has 0 radical (unpaired) electrons. The Morgan fingerprint density at radius 3 is 2.50 bits per heavy atom. The molecule has 0 saturated carbocycles. The minimum absolute atomic E-state index is 0.270. The van der Waals surface area contributed by atoms with Gasteiger partial charge in [0.2, 0.25) is 0 Å². The van der Waals surface area contributed by atoms with Crippen LogP contribution in [0.5, 0.6) is 0 Å². The SMILES string of the molecule is CCSc1ccccc1C(=O)Nc1sc(C)c(C)c1C(=O)NC(=O)OC. The molecule has 0 aliphatic heterocycles. The molecule has 2 N–H and O–H groups in total. The zero-order valence-corrected chi connectivity index (χ0v) is 16.6. The third-order valence-corrected chi connectivity index (χ3v) is 5.75. The number of anilines is 1. The van der Waals surface area contributed by atoms with Gasteiger partial charge in [-0.1, -0.05) is 19.1 Å². The molecule has 0 spiro atoms. The molecule has 0 aliphatic carbocycles. The van der Waals surface area contributed by atoms with Crippen LogP contribution in [-0.4, -0.2) is 30.8 Å². The lowest BCUT2D eigenvalue weighted by Gasteiger charge is -2.10. The Labute approximate surface area is 160 Å². The van der Waals surface area contributed by atoms with Crippen LogP contribution < -0.4 is 10.6 Å². The summed E-state index contributed by atoms with van der Waals surface area (Å²) in [7, 11) is 1.18. The van der Waals surface area contributed by atoms with Crippen LogP contribution in [0.2, 0.25) is 0 Å². The Kier molecular flexibility index (Phi) is 6.82. The molecule has 6 nitrogen and oxygen atoms in total. The smallest absolute Gasteiger partial charge is 0.413 e. The number of amides is 3. The summed E-state index contributed by atoms with van der Waals surface area (Å²) in [4.78, 5) is 38.2. The van der Waals surface area contributed by atoms with Crippen LogP contribution in [0.1, 0.15) is 38.1 Å². The molecule has 26 heavy (non-hydrogen) atoms. The molecule has 1 aromatic heterocycles. The van der Waals surface area contributed by atoms with Gasteiger partial charge in [0.05, 0.1) is 18.2 Å². The summed E-state index contributed by atoms with van der Waals surface area (Å²) in [5.41, 5.74) is 1.53. The van der Waals surface area contributed by atoms with Gasteiger partial charge in [-0.25, -0.2) is 4.79 Å². The van der Waals surface area contributed by atoms with Crippen LogP contribution in [0, 0.1) is 13.8 Å². The Balaban J connectivity index is 2.33. The highest BCUT2D eigenvalue weighted by Gasteiger charge is 2.23. The number of hydrogen-bond donors (Lipinski definition) is 2. The molecule has 0 fully saturated rings. The number of alkyl carbamates (subject to hydrolysis) is 1. The van der Waals surface area contributed by atoms with Gasteiger partial charge in [0, 0.05) is 9.77 Å². The fourth-order valence-corrected chi connectivity index (χ4v) is 4.16. The molecular weight excluding hydrogens is 372 g/mol. The Morgan fingerprint density at radius 1 is 1.15 bits per heavy atom. The van der Waals surface area contributed by atoms with Gasteiger partial charge in [-0.05, 0) is 37.3 Å². The first kappa shape index (κ1) is 20.0. The highest BCUT2D eigenvalue weighted by Crippen LogP contribution is 2.33. The standard InChI is InChI=1S/C18H20N2O4S2/c1-5-25-13-9-7-6-8-12(13)15(21)19-17-14(10(2)11(3)26-17)16(22)20-18(23)24-4/h6-9H,5H2,1-4H3,(H,19,21)(H,20,22,23). The Hall–Kier alpha value is -2.32. The molecule has 0 bridgehead atoms. The zero-order valence-electron chi connectivity index (χ0n) is 15.0. The molecule has 0 saturated heterocycles. The minimum Gasteiger partial charge on any atom is -0.453 e. The zero-order chi connectivity index (χ0) is 19.3. The summed E-state index contributed by atoms with van der Waals surface area (Å²) in [6, 6.07) is 7.31. The van der Waals surface area contributed by atoms with E-state index in [0.29, 0.717) is 16.1 Å². The lowest BCUT2D eigenvalue weighted by molar-refractivity contribution is 0.0937. The predicted molar refractivity (Wildman–Crippen MR) is 104 cm³/mol. The lowest BCUT2D eigenvalue weighted by atomic mass is 10.1. The Bertz CT molecular complexity index is 846. The van der Waals surface area contributed by atoms with Crippen molar-refractivity contribution in [2.24, 2.45) is 0 Å². The number of benzene rings is 1. The second kappa shape index (κ2) is 8.86. The highest BCUT2D eigenvalue weighted by atomic mass is 32.2. The minimum atomic E-state index is -0.847.